The van der Waals surface area contributed by atoms with Gasteiger partial charge in [-0.05, 0) is 57.4 Å². The van der Waals surface area contributed by atoms with Gasteiger partial charge in [-0.2, -0.15) is 0 Å². The van der Waals surface area contributed by atoms with E-state index in [1.165, 1.54) is 0 Å². The lowest BCUT2D eigenvalue weighted by molar-refractivity contribution is -0.139. The fourth-order valence-corrected chi connectivity index (χ4v) is 3.86. The average Bonchev–Trinajstić information content (AvgIpc) is 3.27. The summed E-state index contributed by atoms with van der Waals surface area (Å²) < 4.78 is 5.19. The van der Waals surface area contributed by atoms with Gasteiger partial charge < -0.3 is 25.0 Å². The van der Waals surface area contributed by atoms with Crippen molar-refractivity contribution in [3.05, 3.63) is 23.8 Å². The first-order valence-electron chi connectivity index (χ1n) is 10.5. The number of carbonyl (C=O) groups is 4. The molecule has 0 radical (unpaired) electrons. The molecule has 0 unspecified atom stereocenters. The molecule has 31 heavy (non-hydrogen) atoms. The number of nitrogens with zero attached hydrogens (tertiary/aromatic N) is 2. The molecular weight excluding hydrogens is 402 g/mol. The van der Waals surface area contributed by atoms with Gasteiger partial charge in [0.2, 0.25) is 11.8 Å². The molecule has 2 fully saturated rings. The largest absolute Gasteiger partial charge is 0.480 e. The Labute approximate surface area is 181 Å². The van der Waals surface area contributed by atoms with E-state index in [2.05, 4.69) is 5.32 Å². The van der Waals surface area contributed by atoms with E-state index < -0.39 is 23.7 Å². The van der Waals surface area contributed by atoms with Crippen molar-refractivity contribution in [2.24, 2.45) is 0 Å². The molecule has 0 saturated carbocycles. The Hall–Kier alpha value is -3.10. The molecule has 2 saturated heterocycles. The second-order valence-corrected chi connectivity index (χ2v) is 8.85. The van der Waals surface area contributed by atoms with Gasteiger partial charge in [-0.3, -0.25) is 9.59 Å². The number of rotatable bonds is 6. The van der Waals surface area contributed by atoms with E-state index in [-0.39, 0.29) is 18.2 Å². The van der Waals surface area contributed by atoms with Gasteiger partial charge in [0, 0.05) is 43.7 Å². The Morgan fingerprint density at radius 3 is 2.23 bits per heavy atom. The third-order valence-electron chi connectivity index (χ3n) is 5.23. The number of nitrogens with one attached hydrogen (secondary N) is 1. The maximum atomic E-state index is 12.3. The molecule has 9 heteroatoms. The highest BCUT2D eigenvalue weighted by atomic mass is 16.6. The minimum Gasteiger partial charge on any atom is -0.480 e. The van der Waals surface area contributed by atoms with Gasteiger partial charge in [-0.25, -0.2) is 9.59 Å². The van der Waals surface area contributed by atoms with Crippen molar-refractivity contribution in [3.63, 3.8) is 0 Å². The minimum absolute atomic E-state index is 0.0117. The van der Waals surface area contributed by atoms with Crippen LogP contribution in [0.3, 0.4) is 0 Å². The molecule has 168 valence electrons. The number of carbonyl (C=O) groups excluding carboxylic acids is 3. The van der Waals surface area contributed by atoms with E-state index in [1.54, 1.807) is 48.8 Å². The monoisotopic (exact) mass is 431 g/mol. The number of aliphatic carboxylic acids is 1. The van der Waals surface area contributed by atoms with Crippen LogP contribution in [0.2, 0.25) is 0 Å². The fraction of sp³-hybridized carbons (Fsp3) is 0.545. The number of benzene rings is 1. The zero-order chi connectivity index (χ0) is 22.8. The molecular formula is C22H29N3O6. The number of anilines is 2. The molecule has 0 aromatic heterocycles. The Balaban J connectivity index is 1.91. The zero-order valence-corrected chi connectivity index (χ0v) is 18.1. The first-order valence-corrected chi connectivity index (χ1v) is 10.5. The van der Waals surface area contributed by atoms with Gasteiger partial charge in [-0.1, -0.05) is 0 Å². The highest BCUT2D eigenvalue weighted by Gasteiger charge is 2.30. The maximum absolute atomic E-state index is 12.3. The maximum Gasteiger partial charge on any atom is 0.408 e. The third kappa shape index (κ3) is 5.53. The molecule has 0 aliphatic carbocycles. The van der Waals surface area contributed by atoms with Gasteiger partial charge in [0.15, 0.2) is 0 Å². The first kappa shape index (κ1) is 22.6. The van der Waals surface area contributed by atoms with Crippen LogP contribution in [-0.4, -0.2) is 53.7 Å². The Bertz CT molecular complexity index is 892. The summed E-state index contributed by atoms with van der Waals surface area (Å²) in [6.07, 6.45) is 1.51. The summed E-state index contributed by atoms with van der Waals surface area (Å²) >= 11 is 0. The van der Waals surface area contributed by atoms with Crippen LogP contribution in [-0.2, 0) is 25.5 Å². The second kappa shape index (κ2) is 8.95. The quantitative estimate of drug-likeness (QED) is 0.715. The van der Waals surface area contributed by atoms with Gasteiger partial charge >= 0.3 is 12.1 Å². The molecule has 9 nitrogen and oxygen atoms in total. The number of ether oxygens (including phenoxy) is 1. The number of amides is 3. The predicted octanol–water partition coefficient (Wildman–Crippen LogP) is 2.46. The Morgan fingerprint density at radius 1 is 1.10 bits per heavy atom. The normalized spacial score (nSPS) is 17.8. The van der Waals surface area contributed by atoms with Crippen LogP contribution < -0.4 is 15.1 Å². The van der Waals surface area contributed by atoms with Crippen molar-refractivity contribution in [2.75, 3.05) is 22.9 Å². The van der Waals surface area contributed by atoms with Gasteiger partial charge in [0.1, 0.15) is 11.6 Å². The summed E-state index contributed by atoms with van der Waals surface area (Å²) in [4.78, 5) is 51.9. The Morgan fingerprint density at radius 2 is 1.71 bits per heavy atom. The molecule has 0 spiro atoms. The van der Waals surface area contributed by atoms with Crippen LogP contribution in [0.5, 0.6) is 0 Å². The number of hydrogen-bond donors (Lipinski definition) is 2. The minimum atomic E-state index is -1.25. The first-order chi connectivity index (χ1) is 14.5. The van der Waals surface area contributed by atoms with Crippen LogP contribution >= 0.6 is 0 Å². The van der Waals surface area contributed by atoms with Crippen LogP contribution in [0, 0.1) is 0 Å². The highest BCUT2D eigenvalue weighted by molar-refractivity contribution is 5.98. The van der Waals surface area contributed by atoms with Crippen molar-refractivity contribution in [3.8, 4) is 0 Å². The summed E-state index contributed by atoms with van der Waals surface area (Å²) in [5.41, 5.74) is 1.08. The predicted molar refractivity (Wildman–Crippen MR) is 114 cm³/mol. The lowest BCUT2D eigenvalue weighted by Gasteiger charge is -2.25. The molecule has 1 atom stereocenters. The van der Waals surface area contributed by atoms with Crippen LogP contribution in [0.25, 0.3) is 0 Å². The molecule has 1 aromatic carbocycles. The van der Waals surface area contributed by atoms with Gasteiger partial charge in [-0.15, -0.1) is 0 Å². The van der Waals surface area contributed by atoms with Crippen LogP contribution in [0.1, 0.15) is 52.0 Å². The Kier molecular flexibility index (Phi) is 6.52. The number of alkyl carbamates (subject to hydrolysis) is 1. The van der Waals surface area contributed by atoms with E-state index in [1.807, 2.05) is 0 Å². The molecule has 3 rings (SSSR count). The van der Waals surface area contributed by atoms with Gasteiger partial charge in [0.25, 0.3) is 0 Å². The molecule has 2 aliphatic rings. The van der Waals surface area contributed by atoms with Crippen molar-refractivity contribution in [1.82, 2.24) is 5.32 Å². The summed E-state index contributed by atoms with van der Waals surface area (Å²) in [6, 6.07) is 4.03. The molecule has 2 N–H and O–H groups in total. The van der Waals surface area contributed by atoms with E-state index >= 15 is 0 Å². The summed E-state index contributed by atoms with van der Waals surface area (Å²) in [7, 11) is 0. The lowest BCUT2D eigenvalue weighted by Crippen LogP contribution is -2.45. The fourth-order valence-electron chi connectivity index (χ4n) is 3.86. The molecule has 0 bridgehead atoms. The van der Waals surface area contributed by atoms with Crippen LogP contribution in [0.4, 0.5) is 16.2 Å². The van der Waals surface area contributed by atoms with Crippen molar-refractivity contribution in [1.29, 1.82) is 0 Å². The summed E-state index contributed by atoms with van der Waals surface area (Å²) in [5, 5.41) is 12.1. The third-order valence-corrected chi connectivity index (χ3v) is 5.23. The van der Waals surface area contributed by atoms with Crippen molar-refractivity contribution < 1.29 is 29.0 Å². The highest BCUT2D eigenvalue weighted by Crippen LogP contribution is 2.32. The molecule has 2 heterocycles. The SMILES string of the molecule is CC(C)(C)OC(=O)N[C@@H](Cc1cc(N2CCCC2=O)ccc1N1CCCC1=O)C(=O)O. The molecule has 3 amide bonds. The van der Waals surface area contributed by atoms with E-state index in [0.29, 0.717) is 42.9 Å². The number of carboxylic acid groups (broad SMARTS) is 1. The summed E-state index contributed by atoms with van der Waals surface area (Å²) in [6.45, 7) is 6.21. The zero-order valence-electron chi connectivity index (χ0n) is 18.1. The van der Waals surface area contributed by atoms with Crippen LogP contribution in [0.15, 0.2) is 18.2 Å². The van der Waals surface area contributed by atoms with E-state index in [9.17, 15) is 24.3 Å². The van der Waals surface area contributed by atoms with Gasteiger partial charge in [0.05, 0.1) is 0 Å². The standard InChI is InChI=1S/C22H29N3O6/c1-22(2,3)31-21(30)23-16(20(28)29)13-14-12-15(24-10-4-6-18(24)26)8-9-17(14)25-11-5-7-19(25)27/h8-9,12,16H,4-7,10-11,13H2,1-3H3,(H,23,30)(H,28,29)/t16-/m0/s1. The number of carboxylic acids is 1. The van der Waals surface area contributed by atoms with E-state index in [0.717, 1.165) is 12.8 Å². The molecule has 1 aromatic rings. The van der Waals surface area contributed by atoms with Crippen molar-refractivity contribution >= 4 is 35.3 Å². The number of hydrogen-bond acceptors (Lipinski definition) is 5. The second-order valence-electron chi connectivity index (χ2n) is 8.85. The van der Waals surface area contributed by atoms with Crippen molar-refractivity contribution in [2.45, 2.75) is 64.5 Å². The lowest BCUT2D eigenvalue weighted by atomic mass is 10.0. The smallest absolute Gasteiger partial charge is 0.408 e. The van der Waals surface area contributed by atoms with E-state index in [4.69, 9.17) is 4.74 Å². The topological polar surface area (TPSA) is 116 Å². The average molecular weight is 431 g/mol. The molecule has 2 aliphatic heterocycles. The summed E-state index contributed by atoms with van der Waals surface area (Å²) in [5.74, 6) is -1.23.